The topological polar surface area (TPSA) is 75.2 Å². The number of aryl methyl sites for hydroxylation is 2. The Kier molecular flexibility index (Phi) is 5.36. The molecular formula is C19H24N4O2S. The van der Waals surface area contributed by atoms with E-state index in [1.165, 1.54) is 16.9 Å². The fraction of sp³-hybridized carbons (Fsp3) is 0.474. The standard InChI is InChI=1S/C19H24N4O2S/c1-19(2,3)23-12-14(11-16(23)24)17(25)20-18-22-21-15(26-18)10-9-13-7-5-4-6-8-13/h4-8,14H,9-12H2,1-3H3,(H,20,22,25)/t14-/m1/s1. The minimum atomic E-state index is -0.335. The fourth-order valence-electron chi connectivity index (χ4n) is 3.04. The number of amides is 2. The molecule has 0 radical (unpaired) electrons. The van der Waals surface area contributed by atoms with Gasteiger partial charge in [-0.2, -0.15) is 0 Å². The van der Waals surface area contributed by atoms with Gasteiger partial charge in [0.25, 0.3) is 0 Å². The Morgan fingerprint density at radius 3 is 2.62 bits per heavy atom. The normalized spacial score (nSPS) is 17.6. The third kappa shape index (κ3) is 4.46. The molecule has 26 heavy (non-hydrogen) atoms. The van der Waals surface area contributed by atoms with Crippen molar-refractivity contribution in [1.82, 2.24) is 15.1 Å². The highest BCUT2D eigenvalue weighted by Gasteiger charge is 2.39. The van der Waals surface area contributed by atoms with Gasteiger partial charge in [0.1, 0.15) is 5.01 Å². The van der Waals surface area contributed by atoms with E-state index in [9.17, 15) is 9.59 Å². The Morgan fingerprint density at radius 1 is 1.23 bits per heavy atom. The van der Waals surface area contributed by atoms with Crippen molar-refractivity contribution in [3.63, 3.8) is 0 Å². The van der Waals surface area contributed by atoms with Gasteiger partial charge < -0.3 is 10.2 Å². The number of carbonyl (C=O) groups excluding carboxylic acids is 2. The van der Waals surface area contributed by atoms with Crippen LogP contribution in [0.2, 0.25) is 0 Å². The maximum atomic E-state index is 12.5. The van der Waals surface area contributed by atoms with E-state index in [4.69, 9.17) is 0 Å². The monoisotopic (exact) mass is 372 g/mol. The van der Waals surface area contributed by atoms with Crippen LogP contribution in [0.3, 0.4) is 0 Å². The van der Waals surface area contributed by atoms with E-state index in [-0.39, 0.29) is 29.7 Å². The van der Waals surface area contributed by atoms with E-state index in [0.717, 1.165) is 17.8 Å². The van der Waals surface area contributed by atoms with Gasteiger partial charge >= 0.3 is 0 Å². The van der Waals surface area contributed by atoms with E-state index >= 15 is 0 Å². The first kappa shape index (κ1) is 18.5. The molecule has 1 fully saturated rings. The lowest BCUT2D eigenvalue weighted by Crippen LogP contribution is -2.42. The zero-order chi connectivity index (χ0) is 18.7. The minimum Gasteiger partial charge on any atom is -0.337 e. The largest absolute Gasteiger partial charge is 0.337 e. The van der Waals surface area contributed by atoms with Crippen LogP contribution in [-0.4, -0.2) is 39.0 Å². The minimum absolute atomic E-state index is 0.0264. The van der Waals surface area contributed by atoms with Crippen molar-refractivity contribution >= 4 is 28.3 Å². The second-order valence-corrected chi connectivity index (χ2v) is 8.61. The van der Waals surface area contributed by atoms with Crippen LogP contribution in [0.5, 0.6) is 0 Å². The highest BCUT2D eigenvalue weighted by molar-refractivity contribution is 7.15. The SMILES string of the molecule is CC(C)(C)N1C[C@H](C(=O)Nc2nnc(CCc3ccccc3)s2)CC1=O. The molecule has 3 rings (SSSR count). The van der Waals surface area contributed by atoms with Crippen molar-refractivity contribution in [2.24, 2.45) is 5.92 Å². The molecule has 1 aromatic heterocycles. The molecule has 0 bridgehead atoms. The predicted molar refractivity (Wildman–Crippen MR) is 102 cm³/mol. The number of anilines is 1. The summed E-state index contributed by atoms with van der Waals surface area (Å²) in [5.41, 5.74) is 0.986. The van der Waals surface area contributed by atoms with Crippen LogP contribution in [0.15, 0.2) is 30.3 Å². The molecule has 7 heteroatoms. The molecule has 1 N–H and O–H groups in total. The maximum absolute atomic E-state index is 12.5. The van der Waals surface area contributed by atoms with E-state index in [0.29, 0.717) is 11.7 Å². The van der Waals surface area contributed by atoms with Crippen LogP contribution in [0.25, 0.3) is 0 Å². The van der Waals surface area contributed by atoms with Gasteiger partial charge in [0.15, 0.2) is 0 Å². The zero-order valence-electron chi connectivity index (χ0n) is 15.4. The number of likely N-dealkylation sites (tertiary alicyclic amines) is 1. The molecule has 6 nitrogen and oxygen atoms in total. The highest BCUT2D eigenvalue weighted by atomic mass is 32.1. The number of rotatable bonds is 5. The van der Waals surface area contributed by atoms with Crippen molar-refractivity contribution in [1.29, 1.82) is 0 Å². The van der Waals surface area contributed by atoms with Crippen molar-refractivity contribution in [2.45, 2.75) is 45.6 Å². The first-order valence-electron chi connectivity index (χ1n) is 8.80. The number of carbonyl (C=O) groups is 2. The lowest BCUT2D eigenvalue weighted by molar-refractivity contribution is -0.131. The lowest BCUT2D eigenvalue weighted by atomic mass is 10.1. The van der Waals surface area contributed by atoms with Gasteiger partial charge in [-0.1, -0.05) is 41.7 Å². The second-order valence-electron chi connectivity index (χ2n) is 7.55. The molecular weight excluding hydrogens is 348 g/mol. The van der Waals surface area contributed by atoms with E-state index < -0.39 is 0 Å². The molecule has 2 heterocycles. The summed E-state index contributed by atoms with van der Waals surface area (Å²) in [7, 11) is 0. The third-order valence-corrected chi connectivity index (χ3v) is 5.37. The summed E-state index contributed by atoms with van der Waals surface area (Å²) in [5.74, 6) is -0.465. The van der Waals surface area contributed by atoms with Crippen molar-refractivity contribution in [3.8, 4) is 0 Å². The highest BCUT2D eigenvalue weighted by Crippen LogP contribution is 2.27. The van der Waals surface area contributed by atoms with Crippen molar-refractivity contribution < 1.29 is 9.59 Å². The first-order chi connectivity index (χ1) is 12.3. The van der Waals surface area contributed by atoms with E-state index in [2.05, 4.69) is 27.6 Å². The van der Waals surface area contributed by atoms with Gasteiger partial charge in [-0.25, -0.2) is 0 Å². The van der Waals surface area contributed by atoms with Gasteiger partial charge in [-0.05, 0) is 32.8 Å². The van der Waals surface area contributed by atoms with Crippen LogP contribution in [-0.2, 0) is 22.4 Å². The molecule has 1 atom stereocenters. The zero-order valence-corrected chi connectivity index (χ0v) is 16.2. The Morgan fingerprint density at radius 2 is 1.96 bits per heavy atom. The van der Waals surface area contributed by atoms with Gasteiger partial charge in [0.05, 0.1) is 5.92 Å². The summed E-state index contributed by atoms with van der Waals surface area (Å²) in [5, 5.41) is 12.4. The Bertz CT molecular complexity index is 782. The van der Waals surface area contributed by atoms with Gasteiger partial charge in [-0.3, -0.25) is 9.59 Å². The number of hydrogen-bond acceptors (Lipinski definition) is 5. The van der Waals surface area contributed by atoms with Crippen LogP contribution in [0.4, 0.5) is 5.13 Å². The molecule has 0 saturated carbocycles. The summed E-state index contributed by atoms with van der Waals surface area (Å²) in [6.07, 6.45) is 1.93. The van der Waals surface area contributed by atoms with Crippen molar-refractivity contribution in [3.05, 3.63) is 40.9 Å². The molecule has 1 aliphatic heterocycles. The smallest absolute Gasteiger partial charge is 0.231 e. The Balaban J connectivity index is 1.54. The number of hydrogen-bond donors (Lipinski definition) is 1. The number of benzene rings is 1. The van der Waals surface area contributed by atoms with Gasteiger partial charge in [0.2, 0.25) is 16.9 Å². The Hall–Kier alpha value is -2.28. The summed E-state index contributed by atoms with van der Waals surface area (Å²) in [6.45, 7) is 6.40. The van der Waals surface area contributed by atoms with Gasteiger partial charge in [0, 0.05) is 24.9 Å². The third-order valence-electron chi connectivity index (χ3n) is 4.47. The summed E-state index contributed by atoms with van der Waals surface area (Å²) in [6, 6.07) is 10.2. The molecule has 0 spiro atoms. The summed E-state index contributed by atoms with van der Waals surface area (Å²) in [4.78, 5) is 26.4. The average Bonchev–Trinajstić information content (AvgIpc) is 3.20. The average molecular weight is 372 g/mol. The van der Waals surface area contributed by atoms with E-state index in [1.807, 2.05) is 39.0 Å². The van der Waals surface area contributed by atoms with Crippen LogP contribution < -0.4 is 5.32 Å². The molecule has 138 valence electrons. The molecule has 1 saturated heterocycles. The second kappa shape index (κ2) is 7.53. The summed E-state index contributed by atoms with van der Waals surface area (Å²) >= 11 is 1.39. The molecule has 0 aliphatic carbocycles. The van der Waals surface area contributed by atoms with Gasteiger partial charge in [-0.15, -0.1) is 10.2 Å². The predicted octanol–water partition coefficient (Wildman–Crippen LogP) is 2.91. The first-order valence-corrected chi connectivity index (χ1v) is 9.62. The molecule has 2 amide bonds. The summed E-state index contributed by atoms with van der Waals surface area (Å²) < 4.78 is 0. The Labute approximate surface area is 157 Å². The van der Waals surface area contributed by atoms with Crippen LogP contribution >= 0.6 is 11.3 Å². The van der Waals surface area contributed by atoms with E-state index in [1.54, 1.807) is 4.90 Å². The number of aromatic nitrogens is 2. The lowest BCUT2D eigenvalue weighted by Gasteiger charge is -2.31. The quantitative estimate of drug-likeness (QED) is 0.876. The molecule has 2 aromatic rings. The van der Waals surface area contributed by atoms with Crippen molar-refractivity contribution in [2.75, 3.05) is 11.9 Å². The number of nitrogens with one attached hydrogen (secondary N) is 1. The molecule has 0 unspecified atom stereocenters. The molecule has 1 aliphatic rings. The number of nitrogens with zero attached hydrogens (tertiary/aromatic N) is 3. The van der Waals surface area contributed by atoms with Crippen LogP contribution in [0, 0.1) is 5.92 Å². The molecule has 1 aromatic carbocycles. The van der Waals surface area contributed by atoms with Crippen LogP contribution in [0.1, 0.15) is 37.8 Å². The maximum Gasteiger partial charge on any atom is 0.231 e. The fourth-order valence-corrected chi connectivity index (χ4v) is 3.78.